The summed E-state index contributed by atoms with van der Waals surface area (Å²) in [6, 6.07) is 20.5. The topological polar surface area (TPSA) is 41.1 Å². The van der Waals surface area contributed by atoms with E-state index in [9.17, 15) is 0 Å². The molecule has 0 radical (unpaired) electrons. The molecule has 4 nitrogen and oxygen atoms in total. The fraction of sp³-hybridized carbons (Fsp3) is 0.238. The Morgan fingerprint density at radius 2 is 1.64 bits per heavy atom. The summed E-state index contributed by atoms with van der Waals surface area (Å²) in [5.74, 6) is 1.56. The number of anilines is 3. The summed E-state index contributed by atoms with van der Waals surface area (Å²) in [7, 11) is 0. The Balaban J connectivity index is 2.03. The molecule has 25 heavy (non-hydrogen) atoms. The molecule has 0 saturated carbocycles. The Hall–Kier alpha value is -2.88. The van der Waals surface area contributed by atoms with Crippen LogP contribution in [0, 0.1) is 6.92 Å². The highest BCUT2D eigenvalue weighted by Gasteiger charge is 2.11. The predicted octanol–water partition coefficient (Wildman–Crippen LogP) is 5.04. The molecule has 1 heterocycles. The van der Waals surface area contributed by atoms with Crippen LogP contribution in [0.25, 0.3) is 11.3 Å². The van der Waals surface area contributed by atoms with Crippen LogP contribution in [-0.4, -0.2) is 23.1 Å². The normalized spacial score (nSPS) is 10.5. The van der Waals surface area contributed by atoms with E-state index in [1.807, 2.05) is 36.4 Å². The minimum Gasteiger partial charge on any atom is -0.341 e. The first-order valence-electron chi connectivity index (χ1n) is 8.72. The quantitative estimate of drug-likeness (QED) is 0.686. The lowest BCUT2D eigenvalue weighted by Gasteiger charge is -2.20. The summed E-state index contributed by atoms with van der Waals surface area (Å²) < 4.78 is 0. The number of aryl methyl sites for hydroxylation is 1. The van der Waals surface area contributed by atoms with Crippen molar-refractivity contribution in [3.05, 3.63) is 66.2 Å². The van der Waals surface area contributed by atoms with Gasteiger partial charge < -0.3 is 10.2 Å². The van der Waals surface area contributed by atoms with Gasteiger partial charge in [0.15, 0.2) is 0 Å². The highest BCUT2D eigenvalue weighted by Crippen LogP contribution is 2.25. The van der Waals surface area contributed by atoms with Crippen LogP contribution in [0.15, 0.2) is 60.7 Å². The van der Waals surface area contributed by atoms with Crippen molar-refractivity contribution in [3.8, 4) is 11.3 Å². The Labute approximate surface area is 149 Å². The predicted molar refractivity (Wildman–Crippen MR) is 105 cm³/mol. The van der Waals surface area contributed by atoms with Gasteiger partial charge in [-0.05, 0) is 38.5 Å². The fourth-order valence-electron chi connectivity index (χ4n) is 2.77. The molecule has 0 aliphatic heterocycles. The highest BCUT2D eigenvalue weighted by atomic mass is 15.3. The smallest absolute Gasteiger partial charge is 0.227 e. The summed E-state index contributed by atoms with van der Waals surface area (Å²) >= 11 is 0. The summed E-state index contributed by atoms with van der Waals surface area (Å²) in [5, 5.41) is 3.42. The Bertz CT molecular complexity index is 826. The third kappa shape index (κ3) is 4.15. The van der Waals surface area contributed by atoms with Crippen molar-refractivity contribution in [2.75, 3.05) is 23.3 Å². The summed E-state index contributed by atoms with van der Waals surface area (Å²) in [4.78, 5) is 11.7. The van der Waals surface area contributed by atoms with Crippen molar-refractivity contribution in [1.29, 1.82) is 0 Å². The van der Waals surface area contributed by atoms with Crippen LogP contribution in [0.2, 0.25) is 0 Å². The van der Waals surface area contributed by atoms with Crippen LogP contribution in [0.1, 0.15) is 19.4 Å². The Morgan fingerprint density at radius 1 is 0.880 bits per heavy atom. The summed E-state index contributed by atoms with van der Waals surface area (Å²) in [5.41, 5.74) is 4.26. The van der Waals surface area contributed by atoms with Crippen molar-refractivity contribution in [2.45, 2.75) is 20.8 Å². The molecule has 128 valence electrons. The molecule has 0 fully saturated rings. The Morgan fingerprint density at radius 3 is 2.32 bits per heavy atom. The van der Waals surface area contributed by atoms with Gasteiger partial charge in [0.1, 0.15) is 5.82 Å². The number of nitrogens with zero attached hydrogens (tertiary/aromatic N) is 3. The van der Waals surface area contributed by atoms with E-state index in [2.05, 4.69) is 55.3 Å². The van der Waals surface area contributed by atoms with E-state index < -0.39 is 0 Å². The maximum Gasteiger partial charge on any atom is 0.227 e. The molecule has 0 saturated heterocycles. The van der Waals surface area contributed by atoms with Crippen molar-refractivity contribution >= 4 is 17.5 Å². The van der Waals surface area contributed by atoms with Gasteiger partial charge in [-0.2, -0.15) is 4.98 Å². The van der Waals surface area contributed by atoms with Crippen LogP contribution < -0.4 is 10.2 Å². The molecule has 1 aromatic heterocycles. The van der Waals surface area contributed by atoms with Gasteiger partial charge in [0.25, 0.3) is 0 Å². The van der Waals surface area contributed by atoms with Gasteiger partial charge in [0, 0.05) is 30.4 Å². The number of aromatic nitrogens is 2. The molecule has 2 aromatic carbocycles. The standard InChI is InChI=1S/C21H24N4/c1-4-25(5-2)21-23-19(17-11-7-6-8-12-17)15-20(24-21)22-18-13-9-10-16(3)14-18/h6-15H,4-5H2,1-3H3,(H,22,23,24). The van der Waals surface area contributed by atoms with E-state index >= 15 is 0 Å². The van der Waals surface area contributed by atoms with E-state index in [1.165, 1.54) is 5.56 Å². The van der Waals surface area contributed by atoms with Gasteiger partial charge in [-0.15, -0.1) is 0 Å². The average molecular weight is 332 g/mol. The first-order valence-corrected chi connectivity index (χ1v) is 8.72. The second-order valence-electron chi connectivity index (χ2n) is 5.97. The molecule has 0 atom stereocenters. The SMILES string of the molecule is CCN(CC)c1nc(Nc2cccc(C)c2)cc(-c2ccccc2)n1. The van der Waals surface area contributed by atoms with Crippen molar-refractivity contribution < 1.29 is 0 Å². The minimum absolute atomic E-state index is 0.751. The van der Waals surface area contributed by atoms with Crippen molar-refractivity contribution in [2.24, 2.45) is 0 Å². The maximum atomic E-state index is 4.78. The number of nitrogens with one attached hydrogen (secondary N) is 1. The molecule has 0 spiro atoms. The summed E-state index contributed by atoms with van der Waals surface area (Å²) in [6.07, 6.45) is 0. The number of hydrogen-bond donors (Lipinski definition) is 1. The van der Waals surface area contributed by atoms with Crippen molar-refractivity contribution in [3.63, 3.8) is 0 Å². The molecule has 0 bridgehead atoms. The van der Waals surface area contributed by atoms with Gasteiger partial charge in [-0.3, -0.25) is 0 Å². The lowest BCUT2D eigenvalue weighted by molar-refractivity contribution is 0.823. The van der Waals surface area contributed by atoms with E-state index in [0.717, 1.165) is 41.8 Å². The molecule has 0 aliphatic rings. The second-order valence-corrected chi connectivity index (χ2v) is 5.97. The van der Waals surface area contributed by atoms with Crippen LogP contribution in [0.4, 0.5) is 17.5 Å². The van der Waals surface area contributed by atoms with Crippen LogP contribution in [-0.2, 0) is 0 Å². The fourth-order valence-corrected chi connectivity index (χ4v) is 2.77. The zero-order valence-corrected chi connectivity index (χ0v) is 15.0. The lowest BCUT2D eigenvalue weighted by Crippen LogP contribution is -2.24. The molecule has 3 aromatic rings. The van der Waals surface area contributed by atoms with Crippen LogP contribution in [0.5, 0.6) is 0 Å². The number of rotatable bonds is 6. The van der Waals surface area contributed by atoms with Crippen LogP contribution in [0.3, 0.4) is 0 Å². The average Bonchev–Trinajstić information content (AvgIpc) is 2.63. The molecule has 4 heteroatoms. The second kappa shape index (κ2) is 7.79. The van der Waals surface area contributed by atoms with E-state index in [0.29, 0.717) is 0 Å². The molecular weight excluding hydrogens is 308 g/mol. The Kier molecular flexibility index (Phi) is 5.29. The highest BCUT2D eigenvalue weighted by molar-refractivity contribution is 5.67. The first-order chi connectivity index (χ1) is 12.2. The number of benzene rings is 2. The van der Waals surface area contributed by atoms with Gasteiger partial charge in [0.05, 0.1) is 5.69 Å². The van der Waals surface area contributed by atoms with Gasteiger partial charge >= 0.3 is 0 Å². The monoisotopic (exact) mass is 332 g/mol. The molecular formula is C21H24N4. The minimum atomic E-state index is 0.751. The lowest BCUT2D eigenvalue weighted by atomic mass is 10.1. The zero-order chi connectivity index (χ0) is 17.6. The molecule has 1 N–H and O–H groups in total. The largest absolute Gasteiger partial charge is 0.341 e. The van der Waals surface area contributed by atoms with E-state index in [4.69, 9.17) is 9.97 Å². The van der Waals surface area contributed by atoms with Crippen LogP contribution >= 0.6 is 0 Å². The third-order valence-electron chi connectivity index (χ3n) is 4.12. The van der Waals surface area contributed by atoms with Gasteiger partial charge in [0.2, 0.25) is 5.95 Å². The van der Waals surface area contributed by atoms with Gasteiger partial charge in [-0.1, -0.05) is 42.5 Å². The molecule has 0 amide bonds. The first kappa shape index (κ1) is 17.0. The third-order valence-corrected chi connectivity index (χ3v) is 4.12. The molecule has 0 unspecified atom stereocenters. The zero-order valence-electron chi connectivity index (χ0n) is 15.0. The maximum absolute atomic E-state index is 4.78. The van der Waals surface area contributed by atoms with Crippen molar-refractivity contribution in [1.82, 2.24) is 9.97 Å². The summed E-state index contributed by atoms with van der Waals surface area (Å²) in [6.45, 7) is 8.07. The number of hydrogen-bond acceptors (Lipinski definition) is 4. The van der Waals surface area contributed by atoms with E-state index in [-0.39, 0.29) is 0 Å². The van der Waals surface area contributed by atoms with Gasteiger partial charge in [-0.25, -0.2) is 4.98 Å². The molecule has 0 aliphatic carbocycles. The molecule has 3 rings (SSSR count). The van der Waals surface area contributed by atoms with E-state index in [1.54, 1.807) is 0 Å².